The van der Waals surface area contributed by atoms with Gasteiger partial charge in [-0.3, -0.25) is 0 Å². The van der Waals surface area contributed by atoms with Crippen molar-refractivity contribution in [2.45, 2.75) is 24.3 Å². The smallest absolute Gasteiger partial charge is 0.137 e. The lowest BCUT2D eigenvalue weighted by Gasteiger charge is -2.33. The van der Waals surface area contributed by atoms with Gasteiger partial charge in [0.1, 0.15) is 59.8 Å². The zero-order valence-corrected chi connectivity index (χ0v) is 18.2. The summed E-state index contributed by atoms with van der Waals surface area (Å²) in [4.78, 5) is 7.59. The van der Waals surface area contributed by atoms with Gasteiger partial charge in [-0.2, -0.15) is 10.2 Å². The molecule has 0 aliphatic heterocycles. The van der Waals surface area contributed by atoms with Gasteiger partial charge in [0.15, 0.2) is 0 Å². The topological polar surface area (TPSA) is 114 Å². The van der Waals surface area contributed by atoms with Gasteiger partial charge in [0.25, 0.3) is 0 Å². The maximum absolute atomic E-state index is 14.6. The summed E-state index contributed by atoms with van der Waals surface area (Å²) in [5.74, 6) is -3.62. The average molecular weight is 491 g/mol. The molecule has 4 aromatic rings. The zero-order valence-electron chi connectivity index (χ0n) is 18.2. The first-order chi connectivity index (χ1) is 16.7. The molecule has 0 spiro atoms. The molecule has 2 aromatic carbocycles. The Bertz CT molecular complexity index is 1180. The highest BCUT2D eigenvalue weighted by Crippen LogP contribution is 2.29. The molecule has 13 heteroatoms. The number of hydrogen-bond donors (Lipinski definition) is 3. The summed E-state index contributed by atoms with van der Waals surface area (Å²) in [7, 11) is 0. The number of nitrogens with one attached hydrogen (secondary N) is 1. The SMILES string of the molecule is OC(CNCC(O)(Cn1cncn1)c1ccc(F)cc1F)(Cn1cncn1)c1ccc(F)cc1F. The van der Waals surface area contributed by atoms with Crippen LogP contribution in [0.2, 0.25) is 0 Å². The van der Waals surface area contributed by atoms with E-state index in [1.165, 1.54) is 34.7 Å². The van der Waals surface area contributed by atoms with Gasteiger partial charge in [0, 0.05) is 36.3 Å². The van der Waals surface area contributed by atoms with Gasteiger partial charge < -0.3 is 15.5 Å². The van der Waals surface area contributed by atoms with Crippen molar-refractivity contribution in [2.75, 3.05) is 13.1 Å². The molecule has 9 nitrogen and oxygen atoms in total. The summed E-state index contributed by atoms with van der Waals surface area (Å²) in [5.41, 5.74) is -4.40. The van der Waals surface area contributed by atoms with E-state index in [4.69, 9.17) is 0 Å². The molecule has 4 rings (SSSR count). The summed E-state index contributed by atoms with van der Waals surface area (Å²) in [6.45, 7) is -1.26. The van der Waals surface area contributed by atoms with Crippen LogP contribution in [0.5, 0.6) is 0 Å². The molecule has 0 radical (unpaired) electrons. The van der Waals surface area contributed by atoms with Crippen LogP contribution in [0.4, 0.5) is 17.6 Å². The van der Waals surface area contributed by atoms with Crippen LogP contribution in [0, 0.1) is 23.3 Å². The van der Waals surface area contributed by atoms with Gasteiger partial charge in [-0.15, -0.1) is 0 Å². The molecule has 0 bridgehead atoms. The van der Waals surface area contributed by atoms with E-state index in [9.17, 15) is 27.8 Å². The van der Waals surface area contributed by atoms with Crippen molar-refractivity contribution in [1.82, 2.24) is 34.8 Å². The molecule has 2 aromatic heterocycles. The maximum Gasteiger partial charge on any atom is 0.137 e. The third kappa shape index (κ3) is 5.53. The molecule has 0 aliphatic carbocycles. The van der Waals surface area contributed by atoms with Crippen molar-refractivity contribution < 1.29 is 27.8 Å². The van der Waals surface area contributed by atoms with Crippen molar-refractivity contribution >= 4 is 0 Å². The van der Waals surface area contributed by atoms with Crippen LogP contribution < -0.4 is 5.32 Å². The molecule has 0 fully saturated rings. The summed E-state index contributed by atoms with van der Waals surface area (Å²) in [5, 5.41) is 33.5. The van der Waals surface area contributed by atoms with E-state index < -0.39 is 34.5 Å². The zero-order chi connectivity index (χ0) is 25.1. The van der Waals surface area contributed by atoms with Crippen molar-refractivity contribution in [2.24, 2.45) is 0 Å². The van der Waals surface area contributed by atoms with E-state index in [0.717, 1.165) is 24.3 Å². The second-order valence-electron chi connectivity index (χ2n) is 8.10. The molecule has 3 N–H and O–H groups in total. The second-order valence-corrected chi connectivity index (χ2v) is 8.10. The Hall–Kier alpha value is -3.68. The van der Waals surface area contributed by atoms with Crippen LogP contribution in [0.15, 0.2) is 61.7 Å². The quantitative estimate of drug-likeness (QED) is 0.288. The van der Waals surface area contributed by atoms with E-state index in [1.54, 1.807) is 0 Å². The highest BCUT2D eigenvalue weighted by Gasteiger charge is 2.37. The fraction of sp³-hybridized carbons (Fsp3) is 0.273. The number of aliphatic hydroxyl groups is 2. The molecule has 2 unspecified atom stereocenters. The third-order valence-corrected chi connectivity index (χ3v) is 5.48. The van der Waals surface area contributed by atoms with Gasteiger partial charge in [-0.05, 0) is 12.1 Å². The van der Waals surface area contributed by atoms with Crippen LogP contribution in [-0.2, 0) is 24.3 Å². The number of benzene rings is 2. The number of rotatable bonds is 10. The largest absolute Gasteiger partial charge is 0.382 e. The first kappa shape index (κ1) is 24.4. The van der Waals surface area contributed by atoms with Crippen molar-refractivity contribution in [1.29, 1.82) is 0 Å². The third-order valence-electron chi connectivity index (χ3n) is 5.48. The highest BCUT2D eigenvalue weighted by molar-refractivity contribution is 5.27. The van der Waals surface area contributed by atoms with E-state index in [2.05, 4.69) is 25.5 Å². The van der Waals surface area contributed by atoms with Crippen LogP contribution in [0.25, 0.3) is 0 Å². The van der Waals surface area contributed by atoms with Crippen molar-refractivity contribution in [3.8, 4) is 0 Å². The van der Waals surface area contributed by atoms with Gasteiger partial charge in [0.05, 0.1) is 13.1 Å². The molecular weight excluding hydrogens is 470 g/mol. The molecule has 0 amide bonds. The average Bonchev–Trinajstić information content (AvgIpc) is 3.47. The monoisotopic (exact) mass is 491 g/mol. The van der Waals surface area contributed by atoms with E-state index in [1.807, 2.05) is 0 Å². The fourth-order valence-electron chi connectivity index (χ4n) is 3.85. The highest BCUT2D eigenvalue weighted by atomic mass is 19.1. The first-order valence-corrected chi connectivity index (χ1v) is 10.4. The van der Waals surface area contributed by atoms with Crippen molar-refractivity contribution in [3.05, 3.63) is 96.1 Å². The van der Waals surface area contributed by atoms with E-state index in [0.29, 0.717) is 12.1 Å². The predicted octanol–water partition coefficient (Wildman–Crippen LogP) is 1.49. The number of nitrogens with zero attached hydrogens (tertiary/aromatic N) is 6. The Morgan fingerprint density at radius 2 is 1.14 bits per heavy atom. The molecule has 0 saturated heterocycles. The minimum Gasteiger partial charge on any atom is -0.382 e. The summed E-state index contributed by atoms with van der Waals surface area (Å²) in [6, 6.07) is 5.47. The van der Waals surface area contributed by atoms with Crippen molar-refractivity contribution in [3.63, 3.8) is 0 Å². The standard InChI is InChI=1S/C22H21F4N7O2/c23-15-1-3-17(19(25)5-15)21(34,9-32-13-28-11-30-32)7-27-8-22(35,10-33-14-29-12-31-33)18-4-2-16(24)6-20(18)26/h1-6,11-14,27,34-35H,7-10H2. The van der Waals surface area contributed by atoms with Gasteiger partial charge in [-0.25, -0.2) is 36.9 Å². The van der Waals surface area contributed by atoms with Crippen LogP contribution >= 0.6 is 0 Å². The lowest BCUT2D eigenvalue weighted by Crippen LogP contribution is -2.48. The number of aromatic nitrogens is 6. The van der Waals surface area contributed by atoms with Gasteiger partial charge in [0.2, 0.25) is 0 Å². The Morgan fingerprint density at radius 3 is 1.49 bits per heavy atom. The number of halogens is 4. The molecule has 2 heterocycles. The molecule has 35 heavy (non-hydrogen) atoms. The minimum absolute atomic E-state index is 0.227. The lowest BCUT2D eigenvalue weighted by atomic mass is 9.90. The predicted molar refractivity (Wildman–Crippen MR) is 113 cm³/mol. The Balaban J connectivity index is 1.62. The fourth-order valence-corrected chi connectivity index (χ4v) is 3.85. The molecular formula is C22H21F4N7O2. The second kappa shape index (κ2) is 9.90. The minimum atomic E-state index is -1.97. The molecule has 184 valence electrons. The van der Waals surface area contributed by atoms with Crippen LogP contribution in [0.1, 0.15) is 11.1 Å². The summed E-state index contributed by atoms with van der Waals surface area (Å²) in [6.07, 6.45) is 5.06. The lowest BCUT2D eigenvalue weighted by molar-refractivity contribution is -0.0127. The van der Waals surface area contributed by atoms with E-state index in [-0.39, 0.29) is 37.3 Å². The van der Waals surface area contributed by atoms with Crippen LogP contribution in [-0.4, -0.2) is 52.8 Å². The van der Waals surface area contributed by atoms with Gasteiger partial charge in [-0.1, -0.05) is 12.1 Å². The Labute approximate surface area is 196 Å². The Kier molecular flexibility index (Phi) is 6.91. The van der Waals surface area contributed by atoms with E-state index >= 15 is 0 Å². The van der Waals surface area contributed by atoms with Gasteiger partial charge >= 0.3 is 0 Å². The molecule has 2 atom stereocenters. The molecule has 0 saturated carbocycles. The summed E-state index contributed by atoms with van der Waals surface area (Å²) >= 11 is 0. The first-order valence-electron chi connectivity index (χ1n) is 10.4. The summed E-state index contributed by atoms with van der Waals surface area (Å²) < 4.78 is 58.7. The number of hydrogen-bond acceptors (Lipinski definition) is 7. The normalized spacial score (nSPS) is 15.0. The van der Waals surface area contributed by atoms with Crippen LogP contribution in [0.3, 0.4) is 0 Å². The Morgan fingerprint density at radius 1 is 0.714 bits per heavy atom. The maximum atomic E-state index is 14.6. The molecule has 0 aliphatic rings.